The van der Waals surface area contributed by atoms with E-state index in [2.05, 4.69) is 13.8 Å². The van der Waals surface area contributed by atoms with Gasteiger partial charge in [0.05, 0.1) is 6.10 Å². The predicted molar refractivity (Wildman–Crippen MR) is 73.3 cm³/mol. The lowest BCUT2D eigenvalue weighted by Crippen LogP contribution is -2.42. The highest BCUT2D eigenvalue weighted by atomic mass is 16.5. The molecule has 2 N–H and O–H groups in total. The molecule has 1 atom stereocenters. The van der Waals surface area contributed by atoms with E-state index in [0.29, 0.717) is 31.7 Å². The van der Waals surface area contributed by atoms with Crippen molar-refractivity contribution in [2.24, 2.45) is 5.73 Å². The molecule has 1 amide bonds. The van der Waals surface area contributed by atoms with Crippen LogP contribution in [0.4, 0.5) is 0 Å². The fourth-order valence-electron chi connectivity index (χ4n) is 2.68. The van der Waals surface area contributed by atoms with E-state index < -0.39 is 0 Å². The molecule has 0 saturated carbocycles. The van der Waals surface area contributed by atoms with E-state index in [1.54, 1.807) is 0 Å². The Morgan fingerprint density at radius 3 is 2.67 bits per heavy atom. The van der Waals surface area contributed by atoms with Gasteiger partial charge in [-0.05, 0) is 32.1 Å². The van der Waals surface area contributed by atoms with Gasteiger partial charge in [0.25, 0.3) is 0 Å². The molecule has 106 valence electrons. The second-order valence-corrected chi connectivity index (χ2v) is 5.02. The van der Waals surface area contributed by atoms with E-state index in [0.717, 1.165) is 38.7 Å². The number of rotatable bonds is 8. The van der Waals surface area contributed by atoms with Crippen LogP contribution in [0, 0.1) is 0 Å². The Morgan fingerprint density at radius 2 is 2.17 bits per heavy atom. The number of carbonyl (C=O) groups is 1. The average molecular weight is 256 g/mol. The molecule has 0 radical (unpaired) electrons. The summed E-state index contributed by atoms with van der Waals surface area (Å²) in [4.78, 5) is 14.2. The topological polar surface area (TPSA) is 55.6 Å². The first-order valence-electron chi connectivity index (χ1n) is 7.34. The quantitative estimate of drug-likeness (QED) is 0.722. The molecule has 18 heavy (non-hydrogen) atoms. The molecule has 1 unspecified atom stereocenters. The van der Waals surface area contributed by atoms with Crippen LogP contribution in [0.3, 0.4) is 0 Å². The Hall–Kier alpha value is -0.610. The van der Waals surface area contributed by atoms with Crippen LogP contribution in [-0.2, 0) is 9.53 Å². The molecule has 4 nitrogen and oxygen atoms in total. The minimum Gasteiger partial charge on any atom is -0.378 e. The van der Waals surface area contributed by atoms with Crippen molar-refractivity contribution in [2.75, 3.05) is 19.7 Å². The standard InChI is InChI=1S/C14H28N2O2/c1-3-12(4-2)16(10-9-15)14(17)8-7-13-6-5-11-18-13/h12-13H,3-11,15H2,1-2H3. The number of hydrogen-bond acceptors (Lipinski definition) is 3. The molecule has 0 aromatic heterocycles. The van der Waals surface area contributed by atoms with Crippen LogP contribution in [0.1, 0.15) is 52.4 Å². The number of carbonyl (C=O) groups excluding carboxylic acids is 1. The summed E-state index contributed by atoms with van der Waals surface area (Å²) in [5.74, 6) is 0.240. The molecule has 0 aromatic carbocycles. The summed E-state index contributed by atoms with van der Waals surface area (Å²) < 4.78 is 5.56. The van der Waals surface area contributed by atoms with Crippen molar-refractivity contribution in [3.8, 4) is 0 Å². The molecular weight excluding hydrogens is 228 g/mol. The Morgan fingerprint density at radius 1 is 1.44 bits per heavy atom. The second kappa shape index (κ2) is 8.48. The Kier molecular flexibility index (Phi) is 7.28. The van der Waals surface area contributed by atoms with Crippen molar-refractivity contribution in [1.29, 1.82) is 0 Å². The van der Waals surface area contributed by atoms with E-state index in [-0.39, 0.29) is 5.91 Å². The predicted octanol–water partition coefficient (Wildman–Crippen LogP) is 1.92. The van der Waals surface area contributed by atoms with Crippen molar-refractivity contribution >= 4 is 5.91 Å². The van der Waals surface area contributed by atoms with E-state index in [1.807, 2.05) is 4.90 Å². The minimum atomic E-state index is 0.240. The summed E-state index contributed by atoms with van der Waals surface area (Å²) in [7, 11) is 0. The van der Waals surface area contributed by atoms with Gasteiger partial charge in [0.1, 0.15) is 0 Å². The number of amides is 1. The molecule has 0 bridgehead atoms. The lowest BCUT2D eigenvalue weighted by molar-refractivity contribution is -0.134. The van der Waals surface area contributed by atoms with Crippen molar-refractivity contribution < 1.29 is 9.53 Å². The third kappa shape index (κ3) is 4.58. The number of ether oxygens (including phenoxy) is 1. The lowest BCUT2D eigenvalue weighted by atomic mass is 10.1. The van der Waals surface area contributed by atoms with Crippen LogP contribution in [0.15, 0.2) is 0 Å². The first-order valence-corrected chi connectivity index (χ1v) is 7.34. The van der Waals surface area contributed by atoms with Gasteiger partial charge in [0.15, 0.2) is 0 Å². The largest absolute Gasteiger partial charge is 0.378 e. The van der Waals surface area contributed by atoms with E-state index in [4.69, 9.17) is 10.5 Å². The number of hydrogen-bond donors (Lipinski definition) is 1. The molecule has 0 spiro atoms. The summed E-state index contributed by atoms with van der Waals surface area (Å²) >= 11 is 0. The maximum atomic E-state index is 12.3. The van der Waals surface area contributed by atoms with Gasteiger partial charge in [-0.15, -0.1) is 0 Å². The Balaban J connectivity index is 2.42. The summed E-state index contributed by atoms with van der Waals surface area (Å²) in [6, 6.07) is 0.338. The van der Waals surface area contributed by atoms with Crippen molar-refractivity contribution in [3.63, 3.8) is 0 Å². The molecule has 1 fully saturated rings. The van der Waals surface area contributed by atoms with Gasteiger partial charge < -0.3 is 15.4 Å². The first kappa shape index (κ1) is 15.4. The molecule has 1 heterocycles. The highest BCUT2D eigenvalue weighted by Gasteiger charge is 2.22. The molecule has 0 aromatic rings. The van der Waals surface area contributed by atoms with Gasteiger partial charge in [0, 0.05) is 32.2 Å². The molecular formula is C14H28N2O2. The van der Waals surface area contributed by atoms with Gasteiger partial charge in [-0.2, -0.15) is 0 Å². The highest BCUT2D eigenvalue weighted by Crippen LogP contribution is 2.18. The van der Waals surface area contributed by atoms with Gasteiger partial charge in [-0.3, -0.25) is 4.79 Å². The van der Waals surface area contributed by atoms with Crippen molar-refractivity contribution in [1.82, 2.24) is 4.90 Å². The summed E-state index contributed by atoms with van der Waals surface area (Å²) in [5.41, 5.74) is 5.61. The highest BCUT2D eigenvalue weighted by molar-refractivity contribution is 5.76. The van der Waals surface area contributed by atoms with E-state index in [1.165, 1.54) is 0 Å². The Labute approximate surface area is 111 Å². The average Bonchev–Trinajstić information content (AvgIpc) is 2.89. The van der Waals surface area contributed by atoms with Crippen LogP contribution in [0.5, 0.6) is 0 Å². The Bertz CT molecular complexity index is 236. The molecule has 1 aliphatic rings. The molecule has 4 heteroatoms. The number of nitrogens with zero attached hydrogens (tertiary/aromatic N) is 1. The van der Waals surface area contributed by atoms with Crippen LogP contribution < -0.4 is 5.73 Å². The number of nitrogens with two attached hydrogens (primary N) is 1. The zero-order valence-corrected chi connectivity index (χ0v) is 11.9. The molecule has 1 rings (SSSR count). The maximum Gasteiger partial charge on any atom is 0.222 e. The third-order valence-electron chi connectivity index (χ3n) is 3.78. The van der Waals surface area contributed by atoms with Crippen LogP contribution in [-0.4, -0.2) is 42.6 Å². The van der Waals surface area contributed by atoms with Gasteiger partial charge in [-0.25, -0.2) is 0 Å². The molecule has 1 aliphatic heterocycles. The summed E-state index contributed by atoms with van der Waals surface area (Å²) in [5, 5.41) is 0. The van der Waals surface area contributed by atoms with E-state index >= 15 is 0 Å². The fourth-order valence-corrected chi connectivity index (χ4v) is 2.68. The normalized spacial score (nSPS) is 19.4. The first-order chi connectivity index (χ1) is 8.72. The summed E-state index contributed by atoms with van der Waals surface area (Å²) in [6.07, 6.45) is 6.01. The van der Waals surface area contributed by atoms with Crippen LogP contribution in [0.25, 0.3) is 0 Å². The van der Waals surface area contributed by atoms with Crippen LogP contribution >= 0.6 is 0 Å². The van der Waals surface area contributed by atoms with Crippen LogP contribution in [0.2, 0.25) is 0 Å². The second-order valence-electron chi connectivity index (χ2n) is 5.02. The minimum absolute atomic E-state index is 0.240. The molecule has 0 aliphatic carbocycles. The maximum absolute atomic E-state index is 12.3. The monoisotopic (exact) mass is 256 g/mol. The van der Waals surface area contributed by atoms with Gasteiger partial charge >= 0.3 is 0 Å². The van der Waals surface area contributed by atoms with Gasteiger partial charge in [0.2, 0.25) is 5.91 Å². The van der Waals surface area contributed by atoms with Gasteiger partial charge in [-0.1, -0.05) is 13.8 Å². The fraction of sp³-hybridized carbons (Fsp3) is 0.929. The molecule has 1 saturated heterocycles. The smallest absolute Gasteiger partial charge is 0.222 e. The lowest BCUT2D eigenvalue weighted by Gasteiger charge is -2.30. The van der Waals surface area contributed by atoms with Crippen molar-refractivity contribution in [3.05, 3.63) is 0 Å². The zero-order chi connectivity index (χ0) is 13.4. The zero-order valence-electron chi connectivity index (χ0n) is 11.9. The summed E-state index contributed by atoms with van der Waals surface area (Å²) in [6.45, 7) is 6.34. The van der Waals surface area contributed by atoms with Crippen molar-refractivity contribution in [2.45, 2.75) is 64.5 Å². The SMILES string of the molecule is CCC(CC)N(CCN)C(=O)CCC1CCCO1. The third-order valence-corrected chi connectivity index (χ3v) is 3.78. The van der Waals surface area contributed by atoms with E-state index in [9.17, 15) is 4.79 Å².